The van der Waals surface area contributed by atoms with Crippen molar-refractivity contribution in [1.29, 1.82) is 0 Å². The lowest BCUT2D eigenvalue weighted by Gasteiger charge is -2.26. The minimum absolute atomic E-state index is 0. The van der Waals surface area contributed by atoms with Crippen LogP contribution in [0.4, 0.5) is 0 Å². The quantitative estimate of drug-likeness (QED) is 0.857. The average Bonchev–Trinajstić information content (AvgIpc) is 2.98. The van der Waals surface area contributed by atoms with E-state index in [9.17, 15) is 4.79 Å². The molecule has 1 saturated carbocycles. The molecule has 1 fully saturated rings. The first-order valence-corrected chi connectivity index (χ1v) is 9.05. The van der Waals surface area contributed by atoms with Crippen LogP contribution in [0.3, 0.4) is 0 Å². The van der Waals surface area contributed by atoms with E-state index >= 15 is 0 Å². The number of hydrogen-bond donors (Lipinski definition) is 2. The first-order valence-electron chi connectivity index (χ1n) is 9.05. The van der Waals surface area contributed by atoms with Crippen LogP contribution in [0.1, 0.15) is 67.5 Å². The van der Waals surface area contributed by atoms with Crippen molar-refractivity contribution in [2.24, 2.45) is 5.73 Å². The van der Waals surface area contributed by atoms with Gasteiger partial charge in [0, 0.05) is 12.1 Å². The Labute approximate surface area is 161 Å². The fourth-order valence-corrected chi connectivity index (χ4v) is 3.40. The smallest absolute Gasteiger partial charge is 0.291 e. The molecule has 142 valence electrons. The summed E-state index contributed by atoms with van der Waals surface area (Å²) < 4.78 is 1.76. The summed E-state index contributed by atoms with van der Waals surface area (Å²) in [6.07, 6.45) is 3.74. The summed E-state index contributed by atoms with van der Waals surface area (Å²) in [7, 11) is 0. The molecule has 3 rings (SSSR count). The second-order valence-electron chi connectivity index (χ2n) is 7.19. The molecular formula is C19H28ClN5O. The van der Waals surface area contributed by atoms with Crippen molar-refractivity contribution in [3.8, 4) is 5.69 Å². The Morgan fingerprint density at radius 3 is 2.54 bits per heavy atom. The molecule has 7 heteroatoms. The summed E-state index contributed by atoms with van der Waals surface area (Å²) in [4.78, 5) is 16.9. The molecule has 1 aromatic heterocycles. The molecule has 0 radical (unpaired) electrons. The van der Waals surface area contributed by atoms with Crippen LogP contribution in [-0.2, 0) is 0 Å². The molecule has 0 saturated heterocycles. The maximum atomic E-state index is 12.5. The third-order valence-corrected chi connectivity index (χ3v) is 4.87. The van der Waals surface area contributed by atoms with Crippen molar-refractivity contribution in [3.05, 3.63) is 41.5 Å². The number of carbonyl (C=O) groups excluding carboxylic acids is 1. The SMILES string of the molecule is Cc1nc(C(=O)NC2CCC(N)CC2)nn1-c1ccccc1C(C)C.Cl. The van der Waals surface area contributed by atoms with Crippen LogP contribution < -0.4 is 11.1 Å². The molecule has 0 unspecified atom stereocenters. The lowest BCUT2D eigenvalue weighted by atomic mass is 9.92. The molecule has 1 amide bonds. The largest absolute Gasteiger partial charge is 0.347 e. The summed E-state index contributed by atoms with van der Waals surface area (Å²) in [6.45, 7) is 6.17. The molecule has 3 N–H and O–H groups in total. The van der Waals surface area contributed by atoms with Gasteiger partial charge in [0.05, 0.1) is 5.69 Å². The maximum Gasteiger partial charge on any atom is 0.291 e. The predicted molar refractivity (Wildman–Crippen MR) is 105 cm³/mol. The minimum Gasteiger partial charge on any atom is -0.347 e. The van der Waals surface area contributed by atoms with Gasteiger partial charge >= 0.3 is 0 Å². The molecule has 6 nitrogen and oxygen atoms in total. The zero-order valence-electron chi connectivity index (χ0n) is 15.6. The highest BCUT2D eigenvalue weighted by atomic mass is 35.5. The molecule has 1 aliphatic rings. The van der Waals surface area contributed by atoms with Gasteiger partial charge in [-0.1, -0.05) is 32.0 Å². The van der Waals surface area contributed by atoms with Gasteiger partial charge in [0.2, 0.25) is 5.82 Å². The molecule has 1 aromatic carbocycles. The van der Waals surface area contributed by atoms with Gasteiger partial charge in [0.1, 0.15) is 5.82 Å². The van der Waals surface area contributed by atoms with Gasteiger partial charge in [-0.15, -0.1) is 17.5 Å². The lowest BCUT2D eigenvalue weighted by Crippen LogP contribution is -2.40. The van der Waals surface area contributed by atoms with Gasteiger partial charge in [-0.3, -0.25) is 4.79 Å². The fraction of sp³-hybridized carbons (Fsp3) is 0.526. The summed E-state index contributed by atoms with van der Waals surface area (Å²) in [5.41, 5.74) is 8.09. The Kier molecular flexibility index (Phi) is 6.78. The van der Waals surface area contributed by atoms with Crippen LogP contribution in [-0.4, -0.2) is 32.8 Å². The summed E-state index contributed by atoms with van der Waals surface area (Å²) >= 11 is 0. The average molecular weight is 378 g/mol. The van der Waals surface area contributed by atoms with Crippen molar-refractivity contribution in [2.45, 2.75) is 64.5 Å². The predicted octanol–water partition coefficient (Wildman–Crippen LogP) is 3.12. The van der Waals surface area contributed by atoms with Crippen LogP contribution in [0, 0.1) is 6.92 Å². The molecule has 0 aliphatic heterocycles. The number of carbonyl (C=O) groups is 1. The Bertz CT molecular complexity index is 750. The third-order valence-electron chi connectivity index (χ3n) is 4.87. The zero-order chi connectivity index (χ0) is 18.0. The van der Waals surface area contributed by atoms with Crippen LogP contribution in [0.25, 0.3) is 5.69 Å². The second-order valence-corrected chi connectivity index (χ2v) is 7.19. The van der Waals surface area contributed by atoms with Gasteiger partial charge in [-0.25, -0.2) is 9.67 Å². The molecule has 1 heterocycles. The Balaban J connectivity index is 0.00000243. The van der Waals surface area contributed by atoms with Gasteiger partial charge in [-0.05, 0) is 50.2 Å². The summed E-state index contributed by atoms with van der Waals surface area (Å²) in [5.74, 6) is 1.10. The highest BCUT2D eigenvalue weighted by molar-refractivity contribution is 5.90. The van der Waals surface area contributed by atoms with Crippen molar-refractivity contribution < 1.29 is 4.79 Å². The fourth-order valence-electron chi connectivity index (χ4n) is 3.40. The topological polar surface area (TPSA) is 85.8 Å². The molecule has 0 atom stereocenters. The molecular weight excluding hydrogens is 350 g/mol. The van der Waals surface area contributed by atoms with E-state index in [0.29, 0.717) is 11.7 Å². The Hall–Kier alpha value is -1.92. The van der Waals surface area contributed by atoms with E-state index in [1.54, 1.807) is 4.68 Å². The molecule has 0 spiro atoms. The van der Waals surface area contributed by atoms with E-state index in [2.05, 4.69) is 35.3 Å². The van der Waals surface area contributed by atoms with E-state index in [-0.39, 0.29) is 36.2 Å². The lowest BCUT2D eigenvalue weighted by molar-refractivity contribution is 0.0915. The van der Waals surface area contributed by atoms with E-state index in [1.165, 1.54) is 5.56 Å². The molecule has 1 aliphatic carbocycles. The second kappa shape index (κ2) is 8.64. The number of benzene rings is 1. The Morgan fingerprint density at radius 2 is 1.88 bits per heavy atom. The molecule has 0 bridgehead atoms. The number of hydrogen-bond acceptors (Lipinski definition) is 4. The molecule has 2 aromatic rings. The normalized spacial score (nSPS) is 19.9. The van der Waals surface area contributed by atoms with Crippen LogP contribution in [0.15, 0.2) is 24.3 Å². The van der Waals surface area contributed by atoms with Crippen molar-refractivity contribution in [1.82, 2.24) is 20.1 Å². The number of amides is 1. The van der Waals surface area contributed by atoms with Crippen molar-refractivity contribution >= 4 is 18.3 Å². The number of nitrogens with two attached hydrogens (primary N) is 1. The summed E-state index contributed by atoms with van der Waals surface area (Å²) in [6, 6.07) is 8.54. The van der Waals surface area contributed by atoms with Crippen LogP contribution in [0.5, 0.6) is 0 Å². The van der Waals surface area contributed by atoms with Crippen LogP contribution >= 0.6 is 12.4 Å². The first kappa shape index (κ1) is 20.4. The van der Waals surface area contributed by atoms with Gasteiger partial charge in [0.15, 0.2) is 0 Å². The third kappa shape index (κ3) is 4.43. The number of aromatic nitrogens is 3. The van der Waals surface area contributed by atoms with E-state index in [1.807, 2.05) is 25.1 Å². The zero-order valence-corrected chi connectivity index (χ0v) is 16.4. The molecule has 26 heavy (non-hydrogen) atoms. The van der Waals surface area contributed by atoms with Gasteiger partial charge < -0.3 is 11.1 Å². The number of aryl methyl sites for hydroxylation is 1. The van der Waals surface area contributed by atoms with Crippen molar-refractivity contribution in [2.75, 3.05) is 0 Å². The highest BCUT2D eigenvalue weighted by Crippen LogP contribution is 2.23. The van der Waals surface area contributed by atoms with E-state index in [4.69, 9.17) is 5.73 Å². The maximum absolute atomic E-state index is 12.5. The van der Waals surface area contributed by atoms with E-state index < -0.39 is 0 Å². The number of rotatable bonds is 4. The number of nitrogens with zero attached hydrogens (tertiary/aromatic N) is 3. The van der Waals surface area contributed by atoms with E-state index in [0.717, 1.165) is 31.4 Å². The van der Waals surface area contributed by atoms with Gasteiger partial charge in [0.25, 0.3) is 5.91 Å². The Morgan fingerprint density at radius 1 is 1.23 bits per heavy atom. The minimum atomic E-state index is -0.204. The number of halogens is 1. The summed E-state index contributed by atoms with van der Waals surface area (Å²) in [5, 5.41) is 7.52. The van der Waals surface area contributed by atoms with Gasteiger partial charge in [-0.2, -0.15) is 0 Å². The number of para-hydroxylation sites is 1. The highest BCUT2D eigenvalue weighted by Gasteiger charge is 2.23. The standard InChI is InChI=1S/C19H27N5O.ClH/c1-12(2)16-6-4-5-7-17(16)24-13(3)21-18(23-24)19(25)22-15-10-8-14(20)9-11-15;/h4-7,12,14-15H,8-11,20H2,1-3H3,(H,22,25);1H. The first-order chi connectivity index (χ1) is 12.0. The monoisotopic (exact) mass is 377 g/mol. The number of nitrogens with one attached hydrogen (secondary N) is 1. The van der Waals surface area contributed by atoms with Crippen molar-refractivity contribution in [3.63, 3.8) is 0 Å². The van der Waals surface area contributed by atoms with Crippen LogP contribution in [0.2, 0.25) is 0 Å².